The Morgan fingerprint density at radius 3 is 2.71 bits per heavy atom. The third kappa shape index (κ3) is 3.53. The lowest BCUT2D eigenvalue weighted by molar-refractivity contribution is -0.384. The molecule has 3 heterocycles. The molecule has 0 spiro atoms. The Bertz CT molecular complexity index is 949. The molecule has 0 radical (unpaired) electrons. The summed E-state index contributed by atoms with van der Waals surface area (Å²) in [6.45, 7) is 6.26. The average molecular weight is 398 g/mol. The predicted octanol–water partition coefficient (Wildman–Crippen LogP) is 3.62. The summed E-state index contributed by atoms with van der Waals surface area (Å²) in [6.07, 6.45) is 4.30. The van der Waals surface area contributed by atoms with E-state index in [0.29, 0.717) is 6.04 Å². The molecule has 0 unspecified atom stereocenters. The molecule has 0 aliphatic carbocycles. The van der Waals surface area contributed by atoms with Crippen molar-refractivity contribution in [1.29, 1.82) is 0 Å². The van der Waals surface area contributed by atoms with Crippen LogP contribution in [0.5, 0.6) is 0 Å². The third-order valence-electron chi connectivity index (χ3n) is 5.20. The van der Waals surface area contributed by atoms with E-state index in [2.05, 4.69) is 29.4 Å². The normalized spacial score (nSPS) is 19.2. The molecule has 1 aromatic heterocycles. The minimum Gasteiger partial charge on any atom is -0.353 e. The van der Waals surface area contributed by atoms with Crippen molar-refractivity contribution in [2.45, 2.75) is 39.0 Å². The second kappa shape index (κ2) is 7.37. The number of nitrogens with zero attached hydrogens (tertiary/aromatic N) is 2. The molecule has 1 aromatic carbocycles. The van der Waals surface area contributed by atoms with E-state index < -0.39 is 4.92 Å². The second-order valence-electron chi connectivity index (χ2n) is 7.33. The zero-order valence-corrected chi connectivity index (χ0v) is 16.6. The van der Waals surface area contributed by atoms with E-state index in [0.717, 1.165) is 35.6 Å². The second-order valence-corrected chi connectivity index (χ2v) is 8.43. The molecule has 146 valence electrons. The number of rotatable bonds is 4. The summed E-state index contributed by atoms with van der Waals surface area (Å²) in [6, 6.07) is 6.81. The number of anilines is 1. The number of nitrogens with one attached hydrogen (secondary N) is 2. The number of nitro groups is 1. The van der Waals surface area contributed by atoms with Crippen LogP contribution in [0.1, 0.15) is 40.2 Å². The molecule has 2 aromatic rings. The molecule has 2 aliphatic heterocycles. The van der Waals surface area contributed by atoms with Gasteiger partial charge in [-0.25, -0.2) is 0 Å². The minimum absolute atomic E-state index is 0.0393. The largest absolute Gasteiger partial charge is 0.353 e. The minimum atomic E-state index is -0.420. The maximum Gasteiger partial charge on any atom is 0.269 e. The lowest BCUT2D eigenvalue weighted by atomic mass is 10.0. The van der Waals surface area contributed by atoms with E-state index >= 15 is 0 Å². The highest BCUT2D eigenvalue weighted by atomic mass is 32.1. The summed E-state index contributed by atoms with van der Waals surface area (Å²) in [7, 11) is 0. The van der Waals surface area contributed by atoms with Gasteiger partial charge in [0.1, 0.15) is 11.2 Å². The van der Waals surface area contributed by atoms with Gasteiger partial charge in [-0.15, -0.1) is 11.3 Å². The van der Waals surface area contributed by atoms with Gasteiger partial charge in [0.05, 0.1) is 10.5 Å². The van der Waals surface area contributed by atoms with Crippen LogP contribution in [0.3, 0.4) is 0 Å². The first kappa shape index (κ1) is 18.6. The molecular formula is C20H22N4O3S. The van der Waals surface area contributed by atoms with E-state index in [4.69, 9.17) is 0 Å². The van der Waals surface area contributed by atoms with Crippen LogP contribution in [0, 0.1) is 10.1 Å². The number of nitro benzene ring substituents is 1. The fourth-order valence-electron chi connectivity index (χ4n) is 3.61. The van der Waals surface area contributed by atoms with Gasteiger partial charge in [0, 0.05) is 36.1 Å². The summed E-state index contributed by atoms with van der Waals surface area (Å²) in [4.78, 5) is 26.7. The fraction of sp³-hybridized carbons (Fsp3) is 0.350. The molecule has 2 N–H and O–H groups in total. The topological polar surface area (TPSA) is 87.5 Å². The zero-order valence-electron chi connectivity index (χ0n) is 15.8. The Balaban J connectivity index is 1.51. The first-order chi connectivity index (χ1) is 13.4. The summed E-state index contributed by atoms with van der Waals surface area (Å²) in [5, 5.41) is 18.1. The van der Waals surface area contributed by atoms with E-state index in [1.807, 2.05) is 12.2 Å². The van der Waals surface area contributed by atoms with E-state index in [9.17, 15) is 14.9 Å². The van der Waals surface area contributed by atoms with Gasteiger partial charge in [0.15, 0.2) is 0 Å². The Morgan fingerprint density at radius 1 is 1.29 bits per heavy atom. The smallest absolute Gasteiger partial charge is 0.269 e. The van der Waals surface area contributed by atoms with E-state index in [1.165, 1.54) is 22.6 Å². The van der Waals surface area contributed by atoms with Crippen LogP contribution in [0.4, 0.5) is 10.7 Å². The quantitative estimate of drug-likeness (QED) is 0.607. The van der Waals surface area contributed by atoms with E-state index in [1.54, 1.807) is 23.5 Å². The number of fused-ring (bicyclic) bond motifs is 3. The van der Waals surface area contributed by atoms with Crippen molar-refractivity contribution in [2.75, 3.05) is 11.9 Å². The Labute approximate surface area is 167 Å². The van der Waals surface area contributed by atoms with Crippen LogP contribution in [-0.4, -0.2) is 34.5 Å². The van der Waals surface area contributed by atoms with Gasteiger partial charge in [-0.1, -0.05) is 6.08 Å². The Hall–Kier alpha value is -2.71. The van der Waals surface area contributed by atoms with Crippen LogP contribution < -0.4 is 10.6 Å². The summed E-state index contributed by atoms with van der Waals surface area (Å²) in [5.41, 5.74) is 2.87. The number of carbonyl (C=O) groups is 1. The Kier molecular flexibility index (Phi) is 4.91. The van der Waals surface area contributed by atoms with Gasteiger partial charge in [-0.2, -0.15) is 0 Å². The van der Waals surface area contributed by atoms with Crippen molar-refractivity contribution in [1.82, 2.24) is 10.2 Å². The van der Waals surface area contributed by atoms with Crippen molar-refractivity contribution in [3.05, 3.63) is 62.0 Å². The summed E-state index contributed by atoms with van der Waals surface area (Å²) >= 11 is 1.67. The predicted molar refractivity (Wildman–Crippen MR) is 111 cm³/mol. The first-order valence-corrected chi connectivity index (χ1v) is 10.1. The van der Waals surface area contributed by atoms with Gasteiger partial charge >= 0.3 is 0 Å². The standard InChI is InChI=1S/C20H22N4O3S/c1-12(2)23-10-9-15-16(11-23)28-20-18(15)19(25)21-17(22-20)8-5-13-3-6-14(7-4-13)24(26)27/h3-8,12,17,22H,9-11H2,1-2H3,(H,21,25)/b8-5-/t17-/m0/s1. The molecule has 0 bridgehead atoms. The molecule has 0 saturated carbocycles. The zero-order chi connectivity index (χ0) is 19.8. The number of amides is 1. The van der Waals surface area contributed by atoms with Gasteiger partial charge in [-0.05, 0) is 49.6 Å². The van der Waals surface area contributed by atoms with Crippen LogP contribution in [0.25, 0.3) is 6.08 Å². The third-order valence-corrected chi connectivity index (χ3v) is 6.35. The fourth-order valence-corrected chi connectivity index (χ4v) is 4.92. The molecule has 1 amide bonds. The monoisotopic (exact) mass is 398 g/mol. The van der Waals surface area contributed by atoms with Gasteiger partial charge < -0.3 is 10.6 Å². The molecule has 8 heteroatoms. The number of hydrogen-bond donors (Lipinski definition) is 2. The van der Waals surface area contributed by atoms with Crippen molar-refractivity contribution < 1.29 is 9.72 Å². The number of thiophene rings is 1. The molecular weight excluding hydrogens is 376 g/mol. The molecule has 0 saturated heterocycles. The van der Waals surface area contributed by atoms with Crippen molar-refractivity contribution in [3.8, 4) is 0 Å². The van der Waals surface area contributed by atoms with Gasteiger partial charge in [0.2, 0.25) is 0 Å². The molecule has 1 atom stereocenters. The highest BCUT2D eigenvalue weighted by molar-refractivity contribution is 7.16. The maximum atomic E-state index is 12.7. The molecule has 0 fully saturated rings. The molecule has 7 nitrogen and oxygen atoms in total. The van der Waals surface area contributed by atoms with Crippen LogP contribution >= 0.6 is 11.3 Å². The molecule has 4 rings (SSSR count). The van der Waals surface area contributed by atoms with Gasteiger partial charge in [0.25, 0.3) is 11.6 Å². The Morgan fingerprint density at radius 2 is 2.04 bits per heavy atom. The number of hydrogen-bond acceptors (Lipinski definition) is 6. The SMILES string of the molecule is CC(C)N1CCc2c(sc3c2C(=O)N[C@H](/C=C\c2ccc([N+](=O)[O-])cc2)N3)C1. The van der Waals surface area contributed by atoms with Crippen molar-refractivity contribution >= 4 is 34.0 Å². The van der Waals surface area contributed by atoms with Crippen LogP contribution in [0.2, 0.25) is 0 Å². The number of non-ortho nitro benzene ring substituents is 1. The summed E-state index contributed by atoms with van der Waals surface area (Å²) in [5.74, 6) is -0.0393. The highest BCUT2D eigenvalue weighted by Gasteiger charge is 2.32. The average Bonchev–Trinajstić information content (AvgIpc) is 3.04. The lowest BCUT2D eigenvalue weighted by Gasteiger charge is -2.30. The van der Waals surface area contributed by atoms with Crippen molar-refractivity contribution in [3.63, 3.8) is 0 Å². The van der Waals surface area contributed by atoms with Crippen molar-refractivity contribution in [2.24, 2.45) is 0 Å². The number of benzene rings is 1. The number of carbonyl (C=O) groups excluding carboxylic acids is 1. The lowest BCUT2D eigenvalue weighted by Crippen LogP contribution is -2.43. The van der Waals surface area contributed by atoms with E-state index in [-0.39, 0.29) is 17.8 Å². The van der Waals surface area contributed by atoms with Crippen LogP contribution in [0.15, 0.2) is 30.3 Å². The summed E-state index contributed by atoms with van der Waals surface area (Å²) < 4.78 is 0. The first-order valence-electron chi connectivity index (χ1n) is 9.31. The van der Waals surface area contributed by atoms with Crippen LogP contribution in [-0.2, 0) is 13.0 Å². The maximum absolute atomic E-state index is 12.7. The highest BCUT2D eigenvalue weighted by Crippen LogP contribution is 2.39. The van der Waals surface area contributed by atoms with Gasteiger partial charge in [-0.3, -0.25) is 19.8 Å². The molecule has 28 heavy (non-hydrogen) atoms. The molecule has 2 aliphatic rings.